The molecule has 2 bridgehead atoms. The highest BCUT2D eigenvalue weighted by molar-refractivity contribution is 5.79. The first kappa shape index (κ1) is 18.0. The van der Waals surface area contributed by atoms with E-state index in [9.17, 15) is 19.8 Å². The molecule has 146 valence electrons. The summed E-state index contributed by atoms with van der Waals surface area (Å²) < 4.78 is 4.76. The molecule has 0 aromatic heterocycles. The summed E-state index contributed by atoms with van der Waals surface area (Å²) in [4.78, 5) is 28.1. The number of carbonyl (C=O) groups excluding carboxylic acids is 2. The Labute approximate surface area is 153 Å². The number of nitrogens with zero attached hydrogens (tertiary/aromatic N) is 2. The molecule has 4 heterocycles. The molecule has 26 heavy (non-hydrogen) atoms. The zero-order chi connectivity index (χ0) is 18.5. The van der Waals surface area contributed by atoms with Crippen LogP contribution in [-0.4, -0.2) is 75.7 Å². The first-order valence-corrected chi connectivity index (χ1v) is 9.72. The summed E-state index contributed by atoms with van der Waals surface area (Å²) in [6.45, 7) is 3.88. The standard InChI is InChI=1S/C18H29N3O5/c1-17(24,25)26-16(23)21-12-2-3-13(21)9-14(8-12)20-6-4-18(5-7-20)10-15(22)19-11-18/h12-14,24-25H,2-11H2,1H3,(H,19,22). The van der Waals surface area contributed by atoms with Gasteiger partial charge in [0.1, 0.15) is 0 Å². The predicted octanol–water partition coefficient (Wildman–Crippen LogP) is 0.379. The summed E-state index contributed by atoms with van der Waals surface area (Å²) in [5.41, 5.74) is 0.157. The van der Waals surface area contributed by atoms with Gasteiger partial charge in [-0.3, -0.25) is 4.79 Å². The second-order valence-electron chi connectivity index (χ2n) is 8.71. The highest BCUT2D eigenvalue weighted by atomic mass is 16.8. The van der Waals surface area contributed by atoms with Crippen LogP contribution in [0.3, 0.4) is 0 Å². The maximum absolute atomic E-state index is 12.3. The van der Waals surface area contributed by atoms with Crippen molar-refractivity contribution in [1.29, 1.82) is 0 Å². The second kappa shape index (κ2) is 6.35. The predicted molar refractivity (Wildman–Crippen MR) is 91.9 cm³/mol. The van der Waals surface area contributed by atoms with Gasteiger partial charge in [-0.25, -0.2) is 4.79 Å². The summed E-state index contributed by atoms with van der Waals surface area (Å²) in [7, 11) is 0. The molecule has 3 N–H and O–H groups in total. The lowest BCUT2D eigenvalue weighted by Gasteiger charge is -2.46. The Morgan fingerprint density at radius 1 is 1.19 bits per heavy atom. The van der Waals surface area contributed by atoms with Gasteiger partial charge in [-0.05, 0) is 57.0 Å². The Hall–Kier alpha value is -1.38. The van der Waals surface area contributed by atoms with Crippen LogP contribution in [0.2, 0.25) is 0 Å². The Bertz CT molecular complexity index is 568. The zero-order valence-electron chi connectivity index (χ0n) is 15.3. The number of carbonyl (C=O) groups is 2. The normalized spacial score (nSPS) is 34.2. The molecule has 4 rings (SSSR count). The van der Waals surface area contributed by atoms with Crippen molar-refractivity contribution in [2.24, 2.45) is 5.41 Å². The molecule has 0 aliphatic carbocycles. The minimum atomic E-state index is -2.43. The molecule has 4 fully saturated rings. The van der Waals surface area contributed by atoms with E-state index in [0.717, 1.165) is 65.1 Å². The van der Waals surface area contributed by atoms with E-state index in [1.807, 2.05) is 0 Å². The van der Waals surface area contributed by atoms with E-state index in [4.69, 9.17) is 4.74 Å². The quantitative estimate of drug-likeness (QED) is 0.610. The third-order valence-electron chi connectivity index (χ3n) is 6.77. The van der Waals surface area contributed by atoms with Crippen molar-refractivity contribution in [3.8, 4) is 0 Å². The lowest BCUT2D eigenvalue weighted by atomic mass is 9.77. The zero-order valence-corrected chi connectivity index (χ0v) is 15.3. The number of rotatable bonds is 2. The topological polar surface area (TPSA) is 102 Å². The van der Waals surface area contributed by atoms with Crippen LogP contribution in [0.1, 0.15) is 51.9 Å². The molecule has 0 aromatic rings. The van der Waals surface area contributed by atoms with Crippen LogP contribution < -0.4 is 5.32 Å². The van der Waals surface area contributed by atoms with Crippen LogP contribution >= 0.6 is 0 Å². The Morgan fingerprint density at radius 2 is 1.81 bits per heavy atom. The van der Waals surface area contributed by atoms with Crippen molar-refractivity contribution in [1.82, 2.24) is 15.1 Å². The van der Waals surface area contributed by atoms with E-state index in [0.29, 0.717) is 12.5 Å². The van der Waals surface area contributed by atoms with Crippen molar-refractivity contribution < 1.29 is 24.5 Å². The van der Waals surface area contributed by atoms with Crippen molar-refractivity contribution >= 4 is 12.0 Å². The number of hydrogen-bond acceptors (Lipinski definition) is 6. The van der Waals surface area contributed by atoms with Crippen molar-refractivity contribution in [2.75, 3.05) is 19.6 Å². The largest absolute Gasteiger partial charge is 0.414 e. The number of fused-ring (bicyclic) bond motifs is 2. The van der Waals surface area contributed by atoms with Gasteiger partial charge >= 0.3 is 12.1 Å². The van der Waals surface area contributed by atoms with E-state index in [2.05, 4.69) is 10.2 Å². The fourth-order valence-electron chi connectivity index (χ4n) is 5.43. The minimum absolute atomic E-state index is 0.110. The first-order chi connectivity index (χ1) is 12.2. The molecule has 4 saturated heterocycles. The van der Waals surface area contributed by atoms with Crippen LogP contribution in [0.5, 0.6) is 0 Å². The van der Waals surface area contributed by atoms with E-state index in [-0.39, 0.29) is 23.4 Å². The number of hydrogen-bond donors (Lipinski definition) is 3. The third-order valence-corrected chi connectivity index (χ3v) is 6.77. The molecule has 4 aliphatic heterocycles. The summed E-state index contributed by atoms with van der Waals surface area (Å²) in [6, 6.07) is 0.673. The SMILES string of the molecule is CC(O)(O)OC(=O)N1C2CCC1CC(N1CCC3(CC1)CNC(=O)C3)C2. The molecular weight excluding hydrogens is 338 g/mol. The van der Waals surface area contributed by atoms with Gasteiger partial charge in [-0.1, -0.05) is 0 Å². The average Bonchev–Trinajstić information content (AvgIpc) is 3.04. The number of aliphatic hydroxyl groups is 2. The molecule has 1 spiro atoms. The van der Waals surface area contributed by atoms with Gasteiger partial charge in [0.2, 0.25) is 5.91 Å². The molecular formula is C18H29N3O5. The fourth-order valence-corrected chi connectivity index (χ4v) is 5.43. The summed E-state index contributed by atoms with van der Waals surface area (Å²) in [6.07, 6.45) is 5.84. The fraction of sp³-hybridized carbons (Fsp3) is 0.889. The van der Waals surface area contributed by atoms with E-state index in [1.165, 1.54) is 0 Å². The monoisotopic (exact) mass is 367 g/mol. The number of nitrogens with one attached hydrogen (secondary N) is 1. The van der Waals surface area contributed by atoms with Gasteiger partial charge < -0.3 is 30.1 Å². The van der Waals surface area contributed by atoms with Crippen LogP contribution in [0, 0.1) is 5.41 Å². The summed E-state index contributed by atoms with van der Waals surface area (Å²) in [5, 5.41) is 21.7. The van der Waals surface area contributed by atoms with E-state index < -0.39 is 12.1 Å². The smallest absolute Gasteiger partial charge is 0.392 e. The molecule has 8 heteroatoms. The maximum atomic E-state index is 12.3. The number of amides is 2. The third kappa shape index (κ3) is 3.42. The van der Waals surface area contributed by atoms with Crippen molar-refractivity contribution in [2.45, 2.75) is 76.0 Å². The Balaban J connectivity index is 1.35. The Morgan fingerprint density at radius 3 is 2.31 bits per heavy atom. The highest BCUT2D eigenvalue weighted by Gasteiger charge is 2.48. The molecule has 0 aromatic carbocycles. The van der Waals surface area contributed by atoms with Crippen molar-refractivity contribution in [3.05, 3.63) is 0 Å². The molecule has 2 atom stereocenters. The minimum Gasteiger partial charge on any atom is -0.392 e. The number of piperidine rings is 2. The van der Waals surface area contributed by atoms with E-state index in [1.54, 1.807) is 4.90 Å². The maximum Gasteiger partial charge on any atom is 0.414 e. The van der Waals surface area contributed by atoms with Gasteiger partial charge in [0.05, 0.1) is 0 Å². The van der Waals surface area contributed by atoms with Gasteiger partial charge in [-0.15, -0.1) is 0 Å². The van der Waals surface area contributed by atoms with Gasteiger partial charge in [0, 0.05) is 38.0 Å². The van der Waals surface area contributed by atoms with Crippen LogP contribution in [0.15, 0.2) is 0 Å². The van der Waals surface area contributed by atoms with Crippen LogP contribution in [0.25, 0.3) is 0 Å². The lowest BCUT2D eigenvalue weighted by molar-refractivity contribution is -0.297. The number of likely N-dealkylation sites (tertiary alicyclic amines) is 1. The molecule has 8 nitrogen and oxygen atoms in total. The second-order valence-corrected chi connectivity index (χ2v) is 8.71. The Kier molecular flexibility index (Phi) is 4.40. The van der Waals surface area contributed by atoms with Crippen molar-refractivity contribution in [3.63, 3.8) is 0 Å². The van der Waals surface area contributed by atoms with E-state index >= 15 is 0 Å². The van der Waals surface area contributed by atoms with Crippen LogP contribution in [-0.2, 0) is 9.53 Å². The lowest BCUT2D eigenvalue weighted by Crippen LogP contribution is -2.55. The molecule has 0 saturated carbocycles. The molecule has 2 unspecified atom stereocenters. The summed E-state index contributed by atoms with van der Waals surface area (Å²) >= 11 is 0. The average molecular weight is 367 g/mol. The highest BCUT2D eigenvalue weighted by Crippen LogP contribution is 2.42. The molecule has 0 radical (unpaired) electrons. The number of ether oxygens (including phenoxy) is 1. The molecule has 4 aliphatic rings. The van der Waals surface area contributed by atoms with Gasteiger partial charge in [-0.2, -0.15) is 0 Å². The molecule has 2 amide bonds. The van der Waals surface area contributed by atoms with Gasteiger partial charge in [0.25, 0.3) is 0 Å². The summed E-state index contributed by atoms with van der Waals surface area (Å²) in [5.74, 6) is -2.25. The van der Waals surface area contributed by atoms with Crippen LogP contribution in [0.4, 0.5) is 4.79 Å². The van der Waals surface area contributed by atoms with Gasteiger partial charge in [0.15, 0.2) is 0 Å². The first-order valence-electron chi connectivity index (χ1n) is 9.72.